The molecule has 0 aliphatic heterocycles. The third kappa shape index (κ3) is 3.17. The lowest BCUT2D eigenvalue weighted by molar-refractivity contribution is 0.198. The fourth-order valence-corrected chi connectivity index (χ4v) is 1.88. The molecular formula is C13H12INO2. The van der Waals surface area contributed by atoms with Crippen molar-refractivity contribution in [2.75, 3.05) is 0 Å². The zero-order chi connectivity index (χ0) is 12.3. The summed E-state index contributed by atoms with van der Waals surface area (Å²) in [6, 6.07) is 11.2. The van der Waals surface area contributed by atoms with Gasteiger partial charge in [-0.15, -0.1) is 0 Å². The molecule has 4 heteroatoms. The maximum absolute atomic E-state index is 9.48. The predicted octanol–water partition coefficient (Wildman–Crippen LogP) is 3.53. The average Bonchev–Trinajstić information content (AvgIpc) is 2.32. The molecule has 1 heterocycles. The van der Waals surface area contributed by atoms with Gasteiger partial charge >= 0.3 is 0 Å². The second-order valence-corrected chi connectivity index (χ2v) is 4.80. The second kappa shape index (κ2) is 5.46. The number of para-hydroxylation sites is 1. The van der Waals surface area contributed by atoms with Gasteiger partial charge in [0.05, 0.1) is 9.67 Å². The van der Waals surface area contributed by atoms with E-state index in [9.17, 15) is 5.11 Å². The Bertz CT molecular complexity index is 514. The van der Waals surface area contributed by atoms with Crippen LogP contribution in [0.1, 0.15) is 18.6 Å². The van der Waals surface area contributed by atoms with Crippen molar-refractivity contribution in [2.45, 2.75) is 13.0 Å². The number of aromatic nitrogens is 1. The van der Waals surface area contributed by atoms with Gasteiger partial charge in [-0.2, -0.15) is 0 Å². The van der Waals surface area contributed by atoms with Gasteiger partial charge in [0.1, 0.15) is 5.75 Å². The molecule has 0 saturated heterocycles. The van der Waals surface area contributed by atoms with Crippen molar-refractivity contribution >= 4 is 22.6 Å². The molecule has 1 N–H and O–H groups in total. The first-order valence-electron chi connectivity index (χ1n) is 5.23. The van der Waals surface area contributed by atoms with E-state index in [1.807, 2.05) is 24.3 Å². The summed E-state index contributed by atoms with van der Waals surface area (Å²) in [4.78, 5) is 4.12. The number of ether oxygens (including phenoxy) is 1. The molecule has 0 aliphatic carbocycles. The molecule has 0 saturated carbocycles. The fourth-order valence-electron chi connectivity index (χ4n) is 1.38. The highest BCUT2D eigenvalue weighted by Crippen LogP contribution is 2.26. The molecular weight excluding hydrogens is 329 g/mol. The molecule has 1 aromatic heterocycles. The first kappa shape index (κ1) is 12.3. The van der Waals surface area contributed by atoms with Crippen LogP contribution in [0, 0.1) is 3.57 Å². The summed E-state index contributed by atoms with van der Waals surface area (Å²) in [5.74, 6) is 1.26. The quantitative estimate of drug-likeness (QED) is 0.869. The van der Waals surface area contributed by atoms with Crippen molar-refractivity contribution in [3.05, 3.63) is 51.7 Å². The Morgan fingerprint density at radius 3 is 2.76 bits per heavy atom. The first-order valence-corrected chi connectivity index (χ1v) is 6.31. The molecule has 0 bridgehead atoms. The Morgan fingerprint density at radius 1 is 1.29 bits per heavy atom. The predicted molar refractivity (Wildman–Crippen MR) is 74.1 cm³/mol. The van der Waals surface area contributed by atoms with Gasteiger partial charge in [-0.05, 0) is 53.3 Å². The van der Waals surface area contributed by atoms with Crippen LogP contribution in [-0.4, -0.2) is 10.1 Å². The molecule has 0 radical (unpaired) electrons. The molecule has 2 aromatic rings. The summed E-state index contributed by atoms with van der Waals surface area (Å²) in [5.41, 5.74) is 0.793. The third-order valence-corrected chi connectivity index (χ3v) is 3.18. The van der Waals surface area contributed by atoms with Gasteiger partial charge in [0.25, 0.3) is 0 Å². The molecule has 0 amide bonds. The molecule has 0 unspecified atom stereocenters. The molecule has 17 heavy (non-hydrogen) atoms. The lowest BCUT2D eigenvalue weighted by atomic mass is 10.2. The van der Waals surface area contributed by atoms with E-state index in [0.717, 1.165) is 14.9 Å². The molecule has 0 aliphatic rings. The number of pyridine rings is 1. The minimum Gasteiger partial charge on any atom is -0.438 e. The largest absolute Gasteiger partial charge is 0.438 e. The summed E-state index contributed by atoms with van der Waals surface area (Å²) in [6.45, 7) is 1.71. The van der Waals surface area contributed by atoms with E-state index >= 15 is 0 Å². The monoisotopic (exact) mass is 341 g/mol. The highest BCUT2D eigenvalue weighted by atomic mass is 127. The zero-order valence-corrected chi connectivity index (χ0v) is 11.5. The van der Waals surface area contributed by atoms with Gasteiger partial charge in [-0.1, -0.05) is 12.1 Å². The number of rotatable bonds is 3. The van der Waals surface area contributed by atoms with E-state index in [4.69, 9.17) is 4.74 Å². The lowest BCUT2D eigenvalue weighted by Gasteiger charge is -2.09. The smallest absolute Gasteiger partial charge is 0.219 e. The lowest BCUT2D eigenvalue weighted by Crippen LogP contribution is -1.94. The highest BCUT2D eigenvalue weighted by Gasteiger charge is 2.06. The average molecular weight is 341 g/mol. The number of hydrogen-bond donors (Lipinski definition) is 1. The molecule has 1 aromatic carbocycles. The fraction of sp³-hybridized carbons (Fsp3) is 0.154. The van der Waals surface area contributed by atoms with Crippen LogP contribution in [0.25, 0.3) is 0 Å². The number of benzene rings is 1. The van der Waals surface area contributed by atoms with Crippen LogP contribution in [0.5, 0.6) is 11.6 Å². The molecule has 1 atom stereocenters. The number of aliphatic hydroxyl groups is 1. The maximum atomic E-state index is 9.48. The number of halogens is 1. The summed E-state index contributed by atoms with van der Waals surface area (Å²) in [6.07, 6.45) is 1.11. The van der Waals surface area contributed by atoms with Crippen LogP contribution in [0.2, 0.25) is 0 Å². The van der Waals surface area contributed by atoms with Gasteiger partial charge in [0, 0.05) is 12.3 Å². The standard InChI is InChI=1S/C13H12INO2/c1-9(16)10-6-7-15-13(8-10)17-12-5-3-2-4-11(12)14/h2-9,16H,1H3/t9-/m0/s1. The van der Waals surface area contributed by atoms with Crippen molar-refractivity contribution < 1.29 is 9.84 Å². The minimum absolute atomic E-state index is 0.493. The van der Waals surface area contributed by atoms with Gasteiger partial charge in [-0.3, -0.25) is 0 Å². The number of nitrogens with zero attached hydrogens (tertiary/aromatic N) is 1. The number of aliphatic hydroxyl groups excluding tert-OH is 1. The second-order valence-electron chi connectivity index (χ2n) is 3.64. The summed E-state index contributed by atoms with van der Waals surface area (Å²) >= 11 is 2.21. The van der Waals surface area contributed by atoms with E-state index in [1.165, 1.54) is 0 Å². The van der Waals surface area contributed by atoms with Crippen molar-refractivity contribution in [1.82, 2.24) is 4.98 Å². The van der Waals surface area contributed by atoms with Crippen molar-refractivity contribution in [3.63, 3.8) is 0 Å². The summed E-state index contributed by atoms with van der Waals surface area (Å²) in [7, 11) is 0. The normalized spacial score (nSPS) is 12.2. The van der Waals surface area contributed by atoms with E-state index in [2.05, 4.69) is 27.6 Å². The van der Waals surface area contributed by atoms with Crippen LogP contribution < -0.4 is 4.74 Å². The van der Waals surface area contributed by atoms with Crippen LogP contribution in [0.4, 0.5) is 0 Å². The van der Waals surface area contributed by atoms with E-state index in [0.29, 0.717) is 5.88 Å². The molecule has 88 valence electrons. The van der Waals surface area contributed by atoms with E-state index in [1.54, 1.807) is 25.3 Å². The highest BCUT2D eigenvalue weighted by molar-refractivity contribution is 14.1. The van der Waals surface area contributed by atoms with Gasteiger partial charge in [0.2, 0.25) is 5.88 Å². The van der Waals surface area contributed by atoms with Crippen molar-refractivity contribution in [2.24, 2.45) is 0 Å². The van der Waals surface area contributed by atoms with Crippen molar-refractivity contribution in [1.29, 1.82) is 0 Å². The van der Waals surface area contributed by atoms with Crippen LogP contribution in [-0.2, 0) is 0 Å². The summed E-state index contributed by atoms with van der Waals surface area (Å²) < 4.78 is 6.69. The van der Waals surface area contributed by atoms with E-state index < -0.39 is 6.10 Å². The SMILES string of the molecule is C[C@H](O)c1ccnc(Oc2ccccc2I)c1. The molecule has 0 fully saturated rings. The van der Waals surface area contributed by atoms with Crippen LogP contribution in [0.3, 0.4) is 0 Å². The molecule has 2 rings (SSSR count). The van der Waals surface area contributed by atoms with E-state index in [-0.39, 0.29) is 0 Å². The molecule has 0 spiro atoms. The molecule has 3 nitrogen and oxygen atoms in total. The topological polar surface area (TPSA) is 42.4 Å². The maximum Gasteiger partial charge on any atom is 0.219 e. The van der Waals surface area contributed by atoms with Crippen LogP contribution >= 0.6 is 22.6 Å². The van der Waals surface area contributed by atoms with Gasteiger partial charge in [-0.25, -0.2) is 4.98 Å². The Hall–Kier alpha value is -1.14. The van der Waals surface area contributed by atoms with Crippen molar-refractivity contribution in [3.8, 4) is 11.6 Å². The Balaban J connectivity index is 2.25. The Morgan fingerprint density at radius 2 is 2.06 bits per heavy atom. The zero-order valence-electron chi connectivity index (χ0n) is 9.30. The van der Waals surface area contributed by atoms with Gasteiger partial charge in [0.15, 0.2) is 0 Å². The Kier molecular flexibility index (Phi) is 3.96. The minimum atomic E-state index is -0.518. The van der Waals surface area contributed by atoms with Crippen LogP contribution in [0.15, 0.2) is 42.6 Å². The number of hydrogen-bond acceptors (Lipinski definition) is 3. The summed E-state index contributed by atoms with van der Waals surface area (Å²) in [5, 5.41) is 9.48. The first-order chi connectivity index (χ1) is 8.16. The Labute approximate surface area is 114 Å². The third-order valence-electron chi connectivity index (χ3n) is 2.29. The van der Waals surface area contributed by atoms with Gasteiger partial charge < -0.3 is 9.84 Å².